The van der Waals surface area contributed by atoms with Crippen molar-refractivity contribution in [2.45, 2.75) is 56.4 Å². The molecule has 3 heterocycles. The molecule has 1 aromatic heterocycles. The van der Waals surface area contributed by atoms with E-state index < -0.39 is 24.3 Å². The first-order valence-electron chi connectivity index (χ1n) is 9.12. The van der Waals surface area contributed by atoms with Crippen molar-refractivity contribution in [2.24, 2.45) is 0 Å². The van der Waals surface area contributed by atoms with Gasteiger partial charge < -0.3 is 19.7 Å². The molecule has 0 saturated carbocycles. The Morgan fingerprint density at radius 2 is 1.72 bits per heavy atom. The summed E-state index contributed by atoms with van der Waals surface area (Å²) in [4.78, 5) is 24.7. The number of fused-ring (bicyclic) bond motifs is 1. The fourth-order valence-electron chi connectivity index (χ4n) is 3.10. The van der Waals surface area contributed by atoms with Crippen LogP contribution in [0.15, 0.2) is 11.6 Å². The molecule has 1 aromatic rings. The van der Waals surface area contributed by atoms with E-state index in [2.05, 4.69) is 15.3 Å². The van der Waals surface area contributed by atoms with E-state index in [1.165, 1.54) is 11.4 Å². The number of halogens is 6. The molecule has 3 rings (SSSR count). The van der Waals surface area contributed by atoms with Crippen molar-refractivity contribution in [2.75, 3.05) is 20.3 Å². The van der Waals surface area contributed by atoms with Gasteiger partial charge in [0.25, 0.3) is 0 Å². The van der Waals surface area contributed by atoms with Crippen LogP contribution in [0.3, 0.4) is 0 Å². The van der Waals surface area contributed by atoms with E-state index in [0.717, 1.165) is 32.5 Å². The van der Waals surface area contributed by atoms with Gasteiger partial charge in [0.05, 0.1) is 25.4 Å². The number of aromatic nitrogens is 1. The molecule has 15 heteroatoms. The van der Waals surface area contributed by atoms with Crippen LogP contribution >= 0.6 is 11.3 Å². The quantitative estimate of drug-likeness (QED) is 0.612. The number of carbonyl (C=O) groups is 2. The van der Waals surface area contributed by atoms with Crippen LogP contribution in [-0.4, -0.2) is 82.9 Å². The summed E-state index contributed by atoms with van der Waals surface area (Å²) in [6, 6.07) is 0.585. The number of thiazole rings is 1. The Balaban J connectivity index is 0.000000305. The van der Waals surface area contributed by atoms with E-state index in [4.69, 9.17) is 29.3 Å². The molecule has 2 aliphatic rings. The highest BCUT2D eigenvalue weighted by atomic mass is 32.1. The van der Waals surface area contributed by atoms with Crippen LogP contribution in [0, 0.1) is 0 Å². The molecule has 0 amide bonds. The van der Waals surface area contributed by atoms with Gasteiger partial charge in [-0.1, -0.05) is 0 Å². The van der Waals surface area contributed by atoms with Gasteiger partial charge >= 0.3 is 24.3 Å². The highest BCUT2D eigenvalue weighted by molar-refractivity contribution is 7.09. The predicted molar refractivity (Wildman–Crippen MR) is 98.1 cm³/mol. The molecule has 0 unspecified atom stereocenters. The number of nitrogens with zero attached hydrogens (tertiary/aromatic N) is 2. The minimum absolute atomic E-state index is 0.302. The maximum absolute atomic E-state index is 10.6. The highest BCUT2D eigenvalue weighted by Crippen LogP contribution is 2.32. The summed E-state index contributed by atoms with van der Waals surface area (Å²) in [6.07, 6.45) is -4.08. The van der Waals surface area contributed by atoms with E-state index in [0.29, 0.717) is 18.2 Å². The summed E-state index contributed by atoms with van der Waals surface area (Å²) in [5, 5.41) is 17.5. The SMILES string of the molecule is COC[C@@H]1CC[C@H]2[C@H](CCN2Cc2nccs2)O1.O=C(O)C(F)(F)F.O=C(O)C(F)(F)F. The van der Waals surface area contributed by atoms with E-state index in [9.17, 15) is 26.3 Å². The van der Waals surface area contributed by atoms with Gasteiger partial charge in [-0.05, 0) is 19.3 Å². The molecule has 3 atom stereocenters. The molecule has 8 nitrogen and oxygen atoms in total. The normalized spacial score (nSPS) is 23.3. The minimum atomic E-state index is -5.08. The lowest BCUT2D eigenvalue weighted by Crippen LogP contribution is -2.43. The lowest BCUT2D eigenvalue weighted by Gasteiger charge is -2.35. The Bertz CT molecular complexity index is 691. The predicted octanol–water partition coefficient (Wildman–Crippen LogP) is 3.18. The molecule has 0 spiro atoms. The van der Waals surface area contributed by atoms with E-state index in [-0.39, 0.29) is 0 Å². The Labute approximate surface area is 182 Å². The molecule has 0 aromatic carbocycles. The van der Waals surface area contributed by atoms with Crippen molar-refractivity contribution in [3.63, 3.8) is 0 Å². The zero-order valence-corrected chi connectivity index (χ0v) is 17.5. The van der Waals surface area contributed by atoms with Crippen LogP contribution < -0.4 is 0 Å². The van der Waals surface area contributed by atoms with Gasteiger partial charge in [0.15, 0.2) is 0 Å². The number of methoxy groups -OCH3 is 1. The molecular weight excluding hydrogens is 474 g/mol. The second-order valence-corrected chi connectivity index (χ2v) is 7.67. The fourth-order valence-corrected chi connectivity index (χ4v) is 3.74. The van der Waals surface area contributed by atoms with Gasteiger partial charge in [-0.2, -0.15) is 26.3 Å². The minimum Gasteiger partial charge on any atom is -0.475 e. The van der Waals surface area contributed by atoms with Crippen molar-refractivity contribution in [3.8, 4) is 0 Å². The zero-order valence-electron chi connectivity index (χ0n) is 16.7. The summed E-state index contributed by atoms with van der Waals surface area (Å²) in [5.74, 6) is -5.51. The highest BCUT2D eigenvalue weighted by Gasteiger charge is 2.40. The maximum atomic E-state index is 10.6. The van der Waals surface area contributed by atoms with Crippen LogP contribution in [0.1, 0.15) is 24.3 Å². The Morgan fingerprint density at radius 1 is 1.16 bits per heavy atom. The molecule has 0 aliphatic carbocycles. The molecule has 2 aliphatic heterocycles. The summed E-state index contributed by atoms with van der Waals surface area (Å²) >= 11 is 1.74. The molecular formula is C17H22F6N2O6S. The summed E-state index contributed by atoms with van der Waals surface area (Å²) < 4.78 is 74.8. The molecule has 2 fully saturated rings. The number of ether oxygens (including phenoxy) is 2. The Kier molecular flexibility index (Phi) is 10.8. The first-order valence-corrected chi connectivity index (χ1v) is 10.0. The monoisotopic (exact) mass is 496 g/mol. The van der Waals surface area contributed by atoms with Crippen LogP contribution in [0.5, 0.6) is 0 Å². The Morgan fingerprint density at radius 3 is 2.16 bits per heavy atom. The number of hydrogen-bond acceptors (Lipinski definition) is 7. The number of likely N-dealkylation sites (tertiary alicyclic amines) is 1. The third kappa shape index (κ3) is 9.67. The van der Waals surface area contributed by atoms with Gasteiger partial charge in [-0.15, -0.1) is 11.3 Å². The zero-order chi connectivity index (χ0) is 24.5. The van der Waals surface area contributed by atoms with Crippen LogP contribution in [0.25, 0.3) is 0 Å². The van der Waals surface area contributed by atoms with E-state index >= 15 is 0 Å². The van der Waals surface area contributed by atoms with Crippen LogP contribution in [0.4, 0.5) is 26.3 Å². The lowest BCUT2D eigenvalue weighted by atomic mass is 9.99. The van der Waals surface area contributed by atoms with Crippen molar-refractivity contribution >= 4 is 23.3 Å². The number of rotatable bonds is 4. The van der Waals surface area contributed by atoms with Crippen LogP contribution in [-0.2, 0) is 25.6 Å². The first kappa shape index (κ1) is 28.1. The van der Waals surface area contributed by atoms with Crippen molar-refractivity contribution in [1.29, 1.82) is 0 Å². The Hall–Kier alpha value is -1.97. The smallest absolute Gasteiger partial charge is 0.475 e. The summed E-state index contributed by atoms with van der Waals surface area (Å²) in [5.41, 5.74) is 0. The van der Waals surface area contributed by atoms with E-state index in [1.807, 2.05) is 6.20 Å². The number of alkyl halides is 6. The van der Waals surface area contributed by atoms with E-state index in [1.54, 1.807) is 18.4 Å². The number of carboxylic acids is 2. The topological polar surface area (TPSA) is 109 Å². The van der Waals surface area contributed by atoms with Gasteiger partial charge in [0, 0.05) is 31.3 Å². The number of aliphatic carboxylic acids is 2. The molecule has 2 N–H and O–H groups in total. The molecule has 32 heavy (non-hydrogen) atoms. The fraction of sp³-hybridized carbons (Fsp3) is 0.706. The van der Waals surface area contributed by atoms with Gasteiger partial charge in [0.1, 0.15) is 5.01 Å². The molecule has 0 radical (unpaired) electrons. The third-order valence-electron chi connectivity index (χ3n) is 4.41. The maximum Gasteiger partial charge on any atom is 0.490 e. The number of carboxylic acid groups (broad SMARTS) is 2. The van der Waals surface area contributed by atoms with Crippen molar-refractivity contribution in [3.05, 3.63) is 16.6 Å². The van der Waals surface area contributed by atoms with Crippen molar-refractivity contribution in [1.82, 2.24) is 9.88 Å². The second-order valence-electron chi connectivity index (χ2n) is 6.69. The average Bonchev–Trinajstić information content (AvgIpc) is 3.32. The van der Waals surface area contributed by atoms with Gasteiger partial charge in [0.2, 0.25) is 0 Å². The molecule has 0 bridgehead atoms. The first-order chi connectivity index (χ1) is 14.8. The van der Waals surface area contributed by atoms with Gasteiger partial charge in [-0.3, -0.25) is 4.90 Å². The summed E-state index contributed by atoms with van der Waals surface area (Å²) in [7, 11) is 1.75. The molecule has 2 saturated heterocycles. The van der Waals surface area contributed by atoms with Crippen molar-refractivity contribution < 1.29 is 55.6 Å². The third-order valence-corrected chi connectivity index (χ3v) is 5.17. The van der Waals surface area contributed by atoms with Gasteiger partial charge in [-0.25, -0.2) is 14.6 Å². The molecule has 184 valence electrons. The standard InChI is InChI=1S/C13H20N2O2S.2C2HF3O2/c1-16-9-10-2-3-11-12(17-10)4-6-15(11)8-13-14-5-7-18-13;2*3-2(4,5)1(6)7/h5,7,10-12H,2-4,6,8-9H2,1H3;2*(H,6,7)/t10-,11-,12-;;/m0../s1. The van der Waals surface area contributed by atoms with Crippen LogP contribution in [0.2, 0.25) is 0 Å². The second kappa shape index (κ2) is 12.3. The number of hydrogen-bond donors (Lipinski definition) is 2. The summed E-state index contributed by atoms with van der Waals surface area (Å²) in [6.45, 7) is 2.85. The largest absolute Gasteiger partial charge is 0.490 e. The lowest BCUT2D eigenvalue weighted by molar-refractivity contribution is -0.193. The average molecular weight is 496 g/mol.